The Morgan fingerprint density at radius 1 is 1.12 bits per heavy atom. The predicted molar refractivity (Wildman–Crippen MR) is 144 cm³/mol. The van der Waals surface area contributed by atoms with Gasteiger partial charge < -0.3 is 30.1 Å². The molecule has 1 aliphatic carbocycles. The number of carboxylic acid groups (broad SMARTS) is 1. The average molecular weight is 583 g/mol. The molecular weight excluding hydrogens is 549 g/mol. The van der Waals surface area contributed by atoms with Crippen molar-refractivity contribution >= 4 is 23.4 Å². The number of anilines is 1. The van der Waals surface area contributed by atoms with Crippen molar-refractivity contribution in [2.75, 3.05) is 33.1 Å². The van der Waals surface area contributed by atoms with Gasteiger partial charge in [-0.3, -0.25) is 10.1 Å². The summed E-state index contributed by atoms with van der Waals surface area (Å²) in [7, 11) is 5.43. The molecule has 3 unspecified atom stereocenters. The second-order valence-electron chi connectivity index (χ2n) is 10.1. The van der Waals surface area contributed by atoms with Gasteiger partial charge in [-0.25, -0.2) is 9.59 Å². The number of halogens is 3. The predicted octanol–water partition coefficient (Wildman–Crippen LogP) is 4.87. The molecule has 0 radical (unpaired) electrons. The lowest BCUT2D eigenvalue weighted by molar-refractivity contribution is -0.384. The first kappa shape index (κ1) is 31.5. The van der Waals surface area contributed by atoms with Gasteiger partial charge in [-0.05, 0) is 69.5 Å². The van der Waals surface area contributed by atoms with E-state index in [-0.39, 0.29) is 29.2 Å². The second-order valence-corrected chi connectivity index (χ2v) is 10.1. The number of benzene rings is 2. The Balaban J connectivity index is 0.000000587. The number of nitro benzene ring substituents is 1. The normalized spacial score (nSPS) is 22.0. The Hall–Kier alpha value is -4.07. The number of ether oxygens (including phenoxy) is 2. The van der Waals surface area contributed by atoms with Gasteiger partial charge in [0.2, 0.25) is 0 Å². The van der Waals surface area contributed by atoms with Crippen LogP contribution in [0.3, 0.4) is 0 Å². The molecule has 224 valence electrons. The van der Waals surface area contributed by atoms with Gasteiger partial charge in [-0.15, -0.1) is 0 Å². The molecule has 2 aromatic carbocycles. The molecule has 1 aliphatic heterocycles. The highest BCUT2D eigenvalue weighted by Gasteiger charge is 2.50. The number of methoxy groups -OCH3 is 2. The number of carboxylic acids is 1. The van der Waals surface area contributed by atoms with E-state index in [1.165, 1.54) is 17.7 Å². The molecular formula is C27H33F3N4O7. The van der Waals surface area contributed by atoms with Crippen molar-refractivity contribution in [2.24, 2.45) is 0 Å². The van der Waals surface area contributed by atoms with Crippen LogP contribution in [0.25, 0.3) is 0 Å². The fourth-order valence-electron chi connectivity index (χ4n) is 5.60. The van der Waals surface area contributed by atoms with Crippen molar-refractivity contribution in [3.05, 3.63) is 57.6 Å². The molecule has 14 heteroatoms. The Morgan fingerprint density at radius 2 is 1.78 bits per heavy atom. The number of urea groups is 1. The van der Waals surface area contributed by atoms with Crippen molar-refractivity contribution in [3.63, 3.8) is 0 Å². The third-order valence-corrected chi connectivity index (χ3v) is 7.74. The van der Waals surface area contributed by atoms with E-state index in [2.05, 4.69) is 34.7 Å². The van der Waals surface area contributed by atoms with E-state index in [4.69, 9.17) is 19.4 Å². The number of likely N-dealkylation sites (N-methyl/N-ethyl adjacent to an activating group) is 1. The maximum absolute atomic E-state index is 12.8. The van der Waals surface area contributed by atoms with Gasteiger partial charge in [-0.2, -0.15) is 13.2 Å². The molecule has 2 fully saturated rings. The number of carbonyl (C=O) groups excluding carboxylic acids is 1. The Labute approximate surface area is 234 Å². The molecule has 0 bridgehead atoms. The molecule has 3 N–H and O–H groups in total. The summed E-state index contributed by atoms with van der Waals surface area (Å²) in [5, 5.41) is 24.1. The van der Waals surface area contributed by atoms with Crippen LogP contribution in [0.1, 0.15) is 36.8 Å². The first-order chi connectivity index (χ1) is 19.2. The van der Waals surface area contributed by atoms with Gasteiger partial charge in [0.1, 0.15) is 0 Å². The van der Waals surface area contributed by atoms with Crippen molar-refractivity contribution in [1.82, 2.24) is 10.2 Å². The van der Waals surface area contributed by atoms with Crippen LogP contribution in [-0.2, 0) is 10.2 Å². The van der Waals surface area contributed by atoms with Gasteiger partial charge in [0, 0.05) is 29.6 Å². The van der Waals surface area contributed by atoms with Gasteiger partial charge in [-0.1, -0.05) is 12.1 Å². The summed E-state index contributed by atoms with van der Waals surface area (Å²) in [6, 6.07) is 10.6. The molecule has 1 saturated carbocycles. The van der Waals surface area contributed by atoms with Gasteiger partial charge in [0.25, 0.3) is 5.69 Å². The highest BCUT2D eigenvalue weighted by molar-refractivity contribution is 5.90. The van der Waals surface area contributed by atoms with E-state index >= 15 is 0 Å². The number of aliphatic carboxylic acids is 1. The minimum absolute atomic E-state index is 0.000409. The maximum atomic E-state index is 12.8. The van der Waals surface area contributed by atoms with Crippen LogP contribution in [0.5, 0.6) is 11.5 Å². The third-order valence-electron chi connectivity index (χ3n) is 7.74. The number of amides is 2. The van der Waals surface area contributed by atoms with Crippen LogP contribution in [-0.4, -0.2) is 73.0 Å². The highest BCUT2D eigenvalue weighted by Crippen LogP contribution is 2.49. The zero-order valence-corrected chi connectivity index (χ0v) is 23.1. The zero-order chi connectivity index (χ0) is 30.5. The van der Waals surface area contributed by atoms with Crippen LogP contribution in [0.15, 0.2) is 36.4 Å². The number of rotatable bonds is 6. The lowest BCUT2D eigenvalue weighted by Crippen LogP contribution is -2.52. The van der Waals surface area contributed by atoms with E-state index < -0.39 is 17.1 Å². The lowest BCUT2D eigenvalue weighted by Gasteiger charge is -2.45. The minimum Gasteiger partial charge on any atom is -0.493 e. The van der Waals surface area contributed by atoms with Crippen LogP contribution in [0.4, 0.5) is 29.3 Å². The summed E-state index contributed by atoms with van der Waals surface area (Å²) < 4.78 is 42.7. The van der Waals surface area contributed by atoms with Crippen molar-refractivity contribution in [1.29, 1.82) is 0 Å². The topological polar surface area (TPSA) is 143 Å². The summed E-state index contributed by atoms with van der Waals surface area (Å²) in [6.45, 7) is 2.80. The fourth-order valence-corrected chi connectivity index (χ4v) is 5.60. The van der Waals surface area contributed by atoms with Crippen LogP contribution < -0.4 is 20.1 Å². The number of likely N-dealkylation sites (tertiary alicyclic amines) is 1. The van der Waals surface area contributed by atoms with Crippen molar-refractivity contribution in [2.45, 2.75) is 56.3 Å². The number of carbonyl (C=O) groups is 2. The molecule has 0 aromatic heterocycles. The van der Waals surface area contributed by atoms with Crippen LogP contribution in [0, 0.1) is 17.0 Å². The molecule has 0 spiro atoms. The Morgan fingerprint density at radius 3 is 2.37 bits per heavy atom. The van der Waals surface area contributed by atoms with Crippen LogP contribution in [0.2, 0.25) is 0 Å². The number of hydrogen-bond donors (Lipinski definition) is 3. The van der Waals surface area contributed by atoms with E-state index in [0.29, 0.717) is 11.4 Å². The van der Waals surface area contributed by atoms with Crippen molar-refractivity contribution < 1.29 is 42.3 Å². The summed E-state index contributed by atoms with van der Waals surface area (Å²) in [4.78, 5) is 34.7. The summed E-state index contributed by atoms with van der Waals surface area (Å²) in [6.07, 6.45) is -1.42. The molecule has 3 atom stereocenters. The Kier molecular flexibility index (Phi) is 9.69. The molecule has 41 heavy (non-hydrogen) atoms. The molecule has 2 aromatic rings. The number of alkyl halides is 3. The highest BCUT2D eigenvalue weighted by atomic mass is 19.4. The van der Waals surface area contributed by atoms with E-state index in [1.807, 2.05) is 13.0 Å². The molecule has 1 heterocycles. The standard InChI is InChI=1S/C25H32N4O5.C2HF3O2/c1-16-5-7-19(29(31)32)15-20(16)27-24(30)26-18-9-10-25(11-12-28(2)23(25)14-18)17-6-8-21(33-3)22(13-17)34-4;3-2(4,5)1(6)7/h5-8,13,15,18,23H,9-12,14H2,1-4H3,(H2,26,27,30);(H,6,7). The number of nitrogens with zero attached hydrogens (tertiary/aromatic N) is 2. The first-order valence-corrected chi connectivity index (χ1v) is 12.8. The smallest absolute Gasteiger partial charge is 0.490 e. The average Bonchev–Trinajstić information content (AvgIpc) is 3.26. The number of fused-ring (bicyclic) bond motifs is 1. The van der Waals surface area contributed by atoms with Gasteiger partial charge in [0.05, 0.1) is 24.8 Å². The van der Waals surface area contributed by atoms with E-state index in [1.54, 1.807) is 20.3 Å². The number of hydrogen-bond acceptors (Lipinski definition) is 7. The minimum atomic E-state index is -5.08. The number of nitrogens with one attached hydrogen (secondary N) is 2. The largest absolute Gasteiger partial charge is 0.493 e. The molecule has 2 aliphatic rings. The van der Waals surface area contributed by atoms with Crippen LogP contribution >= 0.6 is 0 Å². The molecule has 4 rings (SSSR count). The number of non-ortho nitro benzene ring substituents is 1. The number of nitro groups is 1. The van der Waals surface area contributed by atoms with Crippen molar-refractivity contribution in [3.8, 4) is 11.5 Å². The summed E-state index contributed by atoms with van der Waals surface area (Å²) in [5.74, 6) is -1.31. The quantitative estimate of drug-likeness (QED) is 0.323. The maximum Gasteiger partial charge on any atom is 0.490 e. The molecule has 2 amide bonds. The van der Waals surface area contributed by atoms with Gasteiger partial charge in [0.15, 0.2) is 11.5 Å². The number of aryl methyl sites for hydroxylation is 1. The zero-order valence-electron chi connectivity index (χ0n) is 23.1. The van der Waals surface area contributed by atoms with Gasteiger partial charge >= 0.3 is 18.2 Å². The SMILES string of the molecule is COc1ccc(C23CCC(NC(=O)Nc4cc([N+](=O)[O-])ccc4C)CC2N(C)CC3)cc1OC.O=C(O)C(F)(F)F. The second kappa shape index (κ2) is 12.6. The third kappa shape index (κ3) is 7.17. The fraction of sp³-hybridized carbons (Fsp3) is 0.481. The lowest BCUT2D eigenvalue weighted by atomic mass is 9.65. The summed E-state index contributed by atoms with van der Waals surface area (Å²) >= 11 is 0. The van der Waals surface area contributed by atoms with E-state index in [9.17, 15) is 28.1 Å². The van der Waals surface area contributed by atoms with E-state index in [0.717, 1.165) is 43.5 Å². The Bertz CT molecular complexity index is 1290. The first-order valence-electron chi connectivity index (χ1n) is 12.8. The summed E-state index contributed by atoms with van der Waals surface area (Å²) in [5.41, 5.74) is 2.41. The molecule has 1 saturated heterocycles. The monoisotopic (exact) mass is 582 g/mol. The molecule has 11 nitrogen and oxygen atoms in total.